The summed E-state index contributed by atoms with van der Waals surface area (Å²) in [5, 5.41) is 0. The quantitative estimate of drug-likeness (QED) is 0.795. The van der Waals surface area contributed by atoms with Gasteiger partial charge in [-0.3, -0.25) is 4.79 Å². The summed E-state index contributed by atoms with van der Waals surface area (Å²) in [6.45, 7) is 7.98. The zero-order chi connectivity index (χ0) is 17.0. The fraction of sp³-hybridized carbons (Fsp3) is 0.381. The van der Waals surface area contributed by atoms with Crippen LogP contribution in [0.15, 0.2) is 48.5 Å². The highest BCUT2D eigenvalue weighted by Crippen LogP contribution is 2.29. The van der Waals surface area contributed by atoms with Gasteiger partial charge in [-0.05, 0) is 36.5 Å². The van der Waals surface area contributed by atoms with Gasteiger partial charge in [0.15, 0.2) is 0 Å². The van der Waals surface area contributed by atoms with E-state index >= 15 is 0 Å². The van der Waals surface area contributed by atoms with Crippen molar-refractivity contribution in [2.75, 3.05) is 11.9 Å². The van der Waals surface area contributed by atoms with E-state index in [-0.39, 0.29) is 11.3 Å². The van der Waals surface area contributed by atoms with Crippen LogP contribution in [0.1, 0.15) is 37.5 Å². The molecule has 0 aliphatic rings. The maximum Gasteiger partial charge on any atom is 0.232 e. The van der Waals surface area contributed by atoms with Gasteiger partial charge in [0.2, 0.25) is 5.91 Å². The van der Waals surface area contributed by atoms with Crippen LogP contribution in [0.25, 0.3) is 0 Å². The van der Waals surface area contributed by atoms with E-state index in [0.29, 0.717) is 0 Å². The molecule has 0 fully saturated rings. The molecule has 0 N–H and O–H groups in total. The molecule has 0 bridgehead atoms. The lowest BCUT2D eigenvalue weighted by atomic mass is 9.93. The minimum absolute atomic E-state index is 0.146. The smallest absolute Gasteiger partial charge is 0.232 e. The fourth-order valence-corrected chi connectivity index (χ4v) is 2.93. The third-order valence-electron chi connectivity index (χ3n) is 4.13. The predicted molar refractivity (Wildman–Crippen MR) is 97.9 cm³/mol. The second-order valence-corrected chi connectivity index (χ2v) is 7.18. The van der Waals surface area contributed by atoms with Gasteiger partial charge in [-0.25, -0.2) is 0 Å². The number of para-hydroxylation sites is 1. The standard InChI is InChI=1S/C21H27NO/c1-16-10-9-13-18(15-14-17-11-7-6-8-12-17)19(16)22(5)20(23)21(2,3)4/h6-13H,14-15H2,1-5H3. The summed E-state index contributed by atoms with van der Waals surface area (Å²) in [6.07, 6.45) is 1.91. The maximum absolute atomic E-state index is 12.7. The van der Waals surface area contributed by atoms with Crippen LogP contribution in [-0.2, 0) is 17.6 Å². The minimum atomic E-state index is -0.381. The van der Waals surface area contributed by atoms with Crippen molar-refractivity contribution in [3.63, 3.8) is 0 Å². The van der Waals surface area contributed by atoms with Gasteiger partial charge in [0.1, 0.15) is 0 Å². The number of nitrogens with zero attached hydrogens (tertiary/aromatic N) is 1. The fourth-order valence-electron chi connectivity index (χ4n) is 2.93. The highest BCUT2D eigenvalue weighted by atomic mass is 16.2. The van der Waals surface area contributed by atoms with Crippen molar-refractivity contribution in [2.45, 2.75) is 40.5 Å². The van der Waals surface area contributed by atoms with E-state index in [2.05, 4.69) is 49.4 Å². The van der Waals surface area contributed by atoms with Crippen LogP contribution >= 0.6 is 0 Å². The van der Waals surface area contributed by atoms with Gasteiger partial charge in [0.05, 0.1) is 0 Å². The van der Waals surface area contributed by atoms with Crippen LogP contribution < -0.4 is 4.90 Å². The van der Waals surface area contributed by atoms with Crippen molar-refractivity contribution in [1.29, 1.82) is 0 Å². The van der Waals surface area contributed by atoms with Gasteiger partial charge in [0.25, 0.3) is 0 Å². The van der Waals surface area contributed by atoms with E-state index in [4.69, 9.17) is 0 Å². The first-order valence-electron chi connectivity index (χ1n) is 8.21. The van der Waals surface area contributed by atoms with Crippen LogP contribution in [0, 0.1) is 12.3 Å². The average Bonchev–Trinajstić information content (AvgIpc) is 2.51. The van der Waals surface area contributed by atoms with Crippen LogP contribution in [-0.4, -0.2) is 13.0 Å². The van der Waals surface area contributed by atoms with Gasteiger partial charge < -0.3 is 4.90 Å². The van der Waals surface area contributed by atoms with E-state index in [1.165, 1.54) is 11.1 Å². The monoisotopic (exact) mass is 309 g/mol. The lowest BCUT2D eigenvalue weighted by Gasteiger charge is -2.29. The zero-order valence-electron chi connectivity index (χ0n) is 14.9. The molecule has 2 aromatic carbocycles. The molecule has 0 radical (unpaired) electrons. The Morgan fingerprint density at radius 3 is 2.22 bits per heavy atom. The van der Waals surface area contributed by atoms with Crippen molar-refractivity contribution in [3.8, 4) is 0 Å². The van der Waals surface area contributed by atoms with Gasteiger partial charge in [-0.1, -0.05) is 69.3 Å². The Balaban J connectivity index is 2.27. The Labute approximate surface area is 140 Å². The number of carbonyl (C=O) groups excluding carboxylic acids is 1. The summed E-state index contributed by atoms with van der Waals surface area (Å²) in [7, 11) is 1.89. The largest absolute Gasteiger partial charge is 0.314 e. The SMILES string of the molecule is Cc1cccc(CCc2ccccc2)c1N(C)C(=O)C(C)(C)C. The molecule has 2 rings (SSSR count). The normalized spacial score (nSPS) is 11.3. The molecule has 122 valence electrons. The zero-order valence-corrected chi connectivity index (χ0v) is 14.9. The molecule has 0 spiro atoms. The van der Waals surface area contributed by atoms with E-state index in [1.807, 2.05) is 38.8 Å². The molecule has 2 aromatic rings. The van der Waals surface area contributed by atoms with Crippen LogP contribution in [0.3, 0.4) is 0 Å². The number of rotatable bonds is 4. The highest BCUT2D eigenvalue weighted by Gasteiger charge is 2.27. The first kappa shape index (κ1) is 17.3. The predicted octanol–water partition coefficient (Wildman–Crippen LogP) is 4.79. The number of amides is 1. The number of hydrogen-bond donors (Lipinski definition) is 0. The van der Waals surface area contributed by atoms with Crippen molar-refractivity contribution < 1.29 is 4.79 Å². The van der Waals surface area contributed by atoms with Gasteiger partial charge in [0, 0.05) is 18.2 Å². The van der Waals surface area contributed by atoms with Crippen molar-refractivity contribution in [2.24, 2.45) is 5.41 Å². The number of aryl methyl sites for hydroxylation is 3. The molecule has 0 atom stereocenters. The second-order valence-electron chi connectivity index (χ2n) is 7.18. The molecule has 0 saturated carbocycles. The molecule has 2 heteroatoms. The third-order valence-corrected chi connectivity index (χ3v) is 4.13. The van der Waals surface area contributed by atoms with Crippen LogP contribution in [0.2, 0.25) is 0 Å². The Hall–Kier alpha value is -2.09. The Kier molecular flexibility index (Phi) is 5.25. The minimum Gasteiger partial charge on any atom is -0.314 e. The molecule has 0 unspecified atom stereocenters. The van der Waals surface area contributed by atoms with Crippen molar-refractivity contribution in [1.82, 2.24) is 0 Å². The molecular weight excluding hydrogens is 282 g/mol. The molecule has 0 aliphatic carbocycles. The highest BCUT2D eigenvalue weighted by molar-refractivity contribution is 5.97. The summed E-state index contributed by atoms with van der Waals surface area (Å²) in [5.74, 6) is 0.146. The summed E-state index contributed by atoms with van der Waals surface area (Å²) >= 11 is 0. The van der Waals surface area contributed by atoms with Crippen molar-refractivity contribution in [3.05, 3.63) is 65.2 Å². The lowest BCUT2D eigenvalue weighted by molar-refractivity contribution is -0.125. The van der Waals surface area contributed by atoms with Crippen LogP contribution in [0.4, 0.5) is 5.69 Å². The number of benzene rings is 2. The molecule has 0 aliphatic heterocycles. The number of anilines is 1. The Morgan fingerprint density at radius 2 is 1.61 bits per heavy atom. The van der Waals surface area contributed by atoms with Gasteiger partial charge in [-0.15, -0.1) is 0 Å². The molecule has 2 nitrogen and oxygen atoms in total. The van der Waals surface area contributed by atoms with Crippen LogP contribution in [0.5, 0.6) is 0 Å². The lowest BCUT2D eigenvalue weighted by Crippen LogP contribution is -2.37. The Bertz CT molecular complexity index is 668. The first-order chi connectivity index (χ1) is 10.8. The summed E-state index contributed by atoms with van der Waals surface area (Å²) < 4.78 is 0. The maximum atomic E-state index is 12.7. The molecule has 0 aromatic heterocycles. The van der Waals surface area contributed by atoms with E-state index < -0.39 is 0 Å². The summed E-state index contributed by atoms with van der Waals surface area (Å²) in [4.78, 5) is 14.5. The second kappa shape index (κ2) is 6.99. The summed E-state index contributed by atoms with van der Waals surface area (Å²) in [5.41, 5.74) is 4.38. The Morgan fingerprint density at radius 1 is 0.957 bits per heavy atom. The van der Waals surface area contributed by atoms with E-state index in [1.54, 1.807) is 0 Å². The van der Waals surface area contributed by atoms with E-state index in [9.17, 15) is 4.79 Å². The average molecular weight is 309 g/mol. The molecule has 0 heterocycles. The van der Waals surface area contributed by atoms with E-state index in [0.717, 1.165) is 24.1 Å². The molecule has 1 amide bonds. The summed E-state index contributed by atoms with van der Waals surface area (Å²) in [6, 6.07) is 16.8. The number of hydrogen-bond acceptors (Lipinski definition) is 1. The molecule has 23 heavy (non-hydrogen) atoms. The molecular formula is C21H27NO. The third kappa shape index (κ3) is 4.22. The number of carbonyl (C=O) groups is 1. The first-order valence-corrected chi connectivity index (χ1v) is 8.21. The topological polar surface area (TPSA) is 20.3 Å². The van der Waals surface area contributed by atoms with Crippen molar-refractivity contribution >= 4 is 11.6 Å². The molecule has 0 saturated heterocycles. The van der Waals surface area contributed by atoms with Gasteiger partial charge >= 0.3 is 0 Å². The van der Waals surface area contributed by atoms with Gasteiger partial charge in [-0.2, -0.15) is 0 Å².